The number of hydrogen-bond donors (Lipinski definition) is 1. The zero-order valence-corrected chi connectivity index (χ0v) is 12.3. The van der Waals surface area contributed by atoms with Crippen molar-refractivity contribution in [3.63, 3.8) is 0 Å². The molecule has 2 aromatic rings. The van der Waals surface area contributed by atoms with Gasteiger partial charge in [-0.3, -0.25) is 0 Å². The molecular weight excluding hydrogens is 316 g/mol. The normalized spacial score (nSPS) is 10.2. The van der Waals surface area contributed by atoms with Crippen molar-refractivity contribution in [2.45, 2.75) is 6.92 Å². The zero-order chi connectivity index (χ0) is 13.1. The van der Waals surface area contributed by atoms with Gasteiger partial charge in [0.05, 0.1) is 12.1 Å². The van der Waals surface area contributed by atoms with Crippen LogP contribution >= 0.6 is 27.5 Å². The van der Waals surface area contributed by atoms with Gasteiger partial charge in [-0.05, 0) is 46.6 Å². The van der Waals surface area contributed by atoms with Crippen molar-refractivity contribution in [2.75, 3.05) is 12.4 Å². The summed E-state index contributed by atoms with van der Waals surface area (Å²) in [6, 6.07) is 7.46. The fraction of sp³-hybridized carbons (Fsp3) is 0.154. The number of methoxy groups -OCH3 is 1. The summed E-state index contributed by atoms with van der Waals surface area (Å²) in [6.45, 7) is 2.01. The van der Waals surface area contributed by atoms with Crippen LogP contribution in [-0.2, 0) is 0 Å². The van der Waals surface area contributed by atoms with Gasteiger partial charge in [0.15, 0.2) is 0 Å². The second kappa shape index (κ2) is 5.59. The quantitative estimate of drug-likeness (QED) is 0.897. The molecule has 0 atom stereocenters. The molecule has 0 aliphatic rings. The average Bonchev–Trinajstić information content (AvgIpc) is 2.36. The van der Waals surface area contributed by atoms with Crippen molar-refractivity contribution in [3.8, 4) is 5.75 Å². The molecule has 5 heteroatoms. The first-order chi connectivity index (χ1) is 8.60. The Labute approximate surface area is 119 Å². The number of ether oxygens (including phenoxy) is 1. The molecule has 1 N–H and O–H groups in total. The highest BCUT2D eigenvalue weighted by Gasteiger charge is 2.04. The van der Waals surface area contributed by atoms with Crippen molar-refractivity contribution in [3.05, 3.63) is 45.5 Å². The third kappa shape index (κ3) is 2.94. The molecule has 0 saturated carbocycles. The monoisotopic (exact) mass is 326 g/mol. The van der Waals surface area contributed by atoms with Gasteiger partial charge < -0.3 is 10.1 Å². The van der Waals surface area contributed by atoms with Gasteiger partial charge in [-0.15, -0.1) is 0 Å². The van der Waals surface area contributed by atoms with Gasteiger partial charge in [-0.2, -0.15) is 0 Å². The molecule has 0 saturated heterocycles. The highest BCUT2D eigenvalue weighted by atomic mass is 79.9. The maximum absolute atomic E-state index is 5.97. The van der Waals surface area contributed by atoms with E-state index in [1.165, 1.54) is 0 Å². The van der Waals surface area contributed by atoms with Gasteiger partial charge in [0, 0.05) is 22.4 Å². The molecule has 0 fully saturated rings. The van der Waals surface area contributed by atoms with Crippen molar-refractivity contribution >= 4 is 39.0 Å². The first kappa shape index (κ1) is 13.2. The van der Waals surface area contributed by atoms with Crippen LogP contribution in [0.4, 0.5) is 11.5 Å². The topological polar surface area (TPSA) is 34.1 Å². The van der Waals surface area contributed by atoms with Crippen LogP contribution in [0, 0.1) is 6.92 Å². The van der Waals surface area contributed by atoms with Crippen LogP contribution in [0.5, 0.6) is 5.75 Å². The highest BCUT2D eigenvalue weighted by molar-refractivity contribution is 9.10. The number of nitrogens with one attached hydrogen (secondary N) is 1. The van der Waals surface area contributed by atoms with E-state index in [2.05, 4.69) is 26.2 Å². The van der Waals surface area contributed by atoms with Crippen LogP contribution in [0.2, 0.25) is 5.02 Å². The average molecular weight is 328 g/mol. The Morgan fingerprint density at radius 3 is 2.78 bits per heavy atom. The van der Waals surface area contributed by atoms with E-state index in [1.54, 1.807) is 19.4 Å². The van der Waals surface area contributed by atoms with Crippen LogP contribution < -0.4 is 10.1 Å². The number of rotatable bonds is 3. The van der Waals surface area contributed by atoms with Crippen molar-refractivity contribution in [1.29, 1.82) is 0 Å². The maximum atomic E-state index is 5.97. The third-order valence-corrected chi connectivity index (χ3v) is 3.61. The minimum atomic E-state index is 0.586. The second-order valence-corrected chi connectivity index (χ2v) is 5.05. The third-order valence-electron chi connectivity index (χ3n) is 2.47. The van der Waals surface area contributed by atoms with Crippen molar-refractivity contribution < 1.29 is 4.74 Å². The van der Waals surface area contributed by atoms with E-state index in [0.29, 0.717) is 10.8 Å². The molecule has 0 spiro atoms. The minimum Gasteiger partial charge on any atom is -0.495 e. The molecule has 2 rings (SSSR count). The smallest absolute Gasteiger partial charge is 0.139 e. The first-order valence-corrected chi connectivity index (χ1v) is 6.50. The van der Waals surface area contributed by atoms with E-state index in [0.717, 1.165) is 21.5 Å². The fourth-order valence-corrected chi connectivity index (χ4v) is 1.90. The summed E-state index contributed by atoms with van der Waals surface area (Å²) in [6.07, 6.45) is 1.77. The molecule has 18 heavy (non-hydrogen) atoms. The number of benzene rings is 1. The minimum absolute atomic E-state index is 0.586. The lowest BCUT2D eigenvalue weighted by molar-refractivity contribution is 0.415. The van der Waals surface area contributed by atoms with Crippen LogP contribution in [0.3, 0.4) is 0 Å². The second-order valence-electron chi connectivity index (χ2n) is 3.79. The lowest BCUT2D eigenvalue weighted by Crippen LogP contribution is -1.95. The maximum Gasteiger partial charge on any atom is 0.139 e. The lowest BCUT2D eigenvalue weighted by Gasteiger charge is -2.09. The molecule has 1 aromatic carbocycles. The largest absolute Gasteiger partial charge is 0.495 e. The summed E-state index contributed by atoms with van der Waals surface area (Å²) in [7, 11) is 1.59. The number of anilines is 2. The Hall–Kier alpha value is -1.26. The van der Waals surface area contributed by atoms with Gasteiger partial charge in [-0.1, -0.05) is 11.6 Å². The van der Waals surface area contributed by atoms with E-state index in [9.17, 15) is 0 Å². The number of aromatic nitrogens is 1. The molecule has 0 unspecified atom stereocenters. The summed E-state index contributed by atoms with van der Waals surface area (Å²) >= 11 is 9.39. The molecule has 0 bridgehead atoms. The van der Waals surface area contributed by atoms with Crippen LogP contribution in [-0.4, -0.2) is 12.1 Å². The predicted octanol–water partition coefficient (Wildman–Crippen LogP) is 4.56. The predicted molar refractivity (Wildman–Crippen MR) is 78.0 cm³/mol. The molecule has 1 heterocycles. The number of hydrogen-bond acceptors (Lipinski definition) is 3. The Balaban J connectivity index is 2.25. The lowest BCUT2D eigenvalue weighted by atomic mass is 10.2. The number of nitrogens with zero attached hydrogens (tertiary/aromatic N) is 1. The summed E-state index contributed by atoms with van der Waals surface area (Å²) < 4.78 is 6.15. The van der Waals surface area contributed by atoms with Gasteiger partial charge in [0.2, 0.25) is 0 Å². The summed E-state index contributed by atoms with van der Waals surface area (Å²) in [5.74, 6) is 1.41. The van der Waals surface area contributed by atoms with E-state index < -0.39 is 0 Å². The van der Waals surface area contributed by atoms with Gasteiger partial charge >= 0.3 is 0 Å². The van der Waals surface area contributed by atoms with E-state index in [-0.39, 0.29) is 0 Å². The molecular formula is C13H12BrClN2O. The summed E-state index contributed by atoms with van der Waals surface area (Å²) in [5, 5.41) is 3.79. The van der Waals surface area contributed by atoms with E-state index >= 15 is 0 Å². The van der Waals surface area contributed by atoms with Crippen LogP contribution in [0.15, 0.2) is 34.9 Å². The molecule has 3 nitrogen and oxygen atoms in total. The number of pyridine rings is 1. The van der Waals surface area contributed by atoms with Gasteiger partial charge in [0.25, 0.3) is 0 Å². The number of halogens is 2. The van der Waals surface area contributed by atoms with Crippen LogP contribution in [0.25, 0.3) is 0 Å². The summed E-state index contributed by atoms with van der Waals surface area (Å²) in [4.78, 5) is 4.28. The Kier molecular flexibility index (Phi) is 4.09. The van der Waals surface area contributed by atoms with Gasteiger partial charge in [-0.25, -0.2) is 4.98 Å². The van der Waals surface area contributed by atoms with Crippen LogP contribution in [0.1, 0.15) is 5.56 Å². The van der Waals surface area contributed by atoms with Crippen molar-refractivity contribution in [1.82, 2.24) is 4.98 Å². The highest BCUT2D eigenvalue weighted by Crippen LogP contribution is 2.29. The molecule has 0 aliphatic heterocycles. The van der Waals surface area contributed by atoms with E-state index in [4.69, 9.17) is 16.3 Å². The summed E-state index contributed by atoms with van der Waals surface area (Å²) in [5.41, 5.74) is 2.00. The molecule has 0 radical (unpaired) electrons. The Bertz CT molecular complexity index is 575. The zero-order valence-electron chi connectivity index (χ0n) is 10.00. The standard InChI is InChI=1S/C13H12BrClN2O/c1-8-5-13(16-7-10(8)14)17-9-3-4-11(15)12(6-9)18-2/h3-7H,1-2H3,(H,16,17). The molecule has 94 valence electrons. The molecule has 0 amide bonds. The first-order valence-electron chi connectivity index (χ1n) is 5.33. The number of aryl methyl sites for hydroxylation is 1. The van der Waals surface area contributed by atoms with Crippen molar-refractivity contribution in [2.24, 2.45) is 0 Å². The SMILES string of the molecule is COc1cc(Nc2cc(C)c(Br)cn2)ccc1Cl. The Morgan fingerprint density at radius 1 is 1.33 bits per heavy atom. The molecule has 1 aromatic heterocycles. The van der Waals surface area contributed by atoms with Gasteiger partial charge in [0.1, 0.15) is 11.6 Å². The Morgan fingerprint density at radius 2 is 2.11 bits per heavy atom. The van der Waals surface area contributed by atoms with E-state index in [1.807, 2.05) is 25.1 Å². The fourth-order valence-electron chi connectivity index (χ4n) is 1.49. The molecule has 0 aliphatic carbocycles.